The molecule has 0 aliphatic rings. The number of amides is 2. The summed E-state index contributed by atoms with van der Waals surface area (Å²) in [7, 11) is 0. The molecule has 126 valence electrons. The number of carboxylic acids is 1. The van der Waals surface area contributed by atoms with Gasteiger partial charge in [-0.2, -0.15) is 0 Å². The number of aromatic hydroxyl groups is 1. The molecule has 0 aliphatic heterocycles. The summed E-state index contributed by atoms with van der Waals surface area (Å²) in [5.74, 6) is -2.61. The number of aliphatic hydroxyl groups is 1. The maximum absolute atomic E-state index is 11.8. The fourth-order valence-corrected chi connectivity index (χ4v) is 1.71. The lowest BCUT2D eigenvalue weighted by atomic mass is 10.1. The summed E-state index contributed by atoms with van der Waals surface area (Å²) in [5, 5.41) is 30.9. The first-order valence-electron chi connectivity index (χ1n) is 6.77. The first-order valence-corrected chi connectivity index (χ1v) is 6.77. The second-order valence-electron chi connectivity index (χ2n) is 4.84. The largest absolute Gasteiger partial charge is 0.508 e. The Balaban J connectivity index is 2.41. The molecule has 23 heavy (non-hydrogen) atoms. The van der Waals surface area contributed by atoms with E-state index in [1.807, 2.05) is 5.32 Å². The number of hydrogen-bond acceptors (Lipinski definition) is 6. The quantitative estimate of drug-likeness (QED) is 0.320. The van der Waals surface area contributed by atoms with Crippen LogP contribution in [0, 0.1) is 0 Å². The Kier molecular flexibility index (Phi) is 6.97. The second-order valence-corrected chi connectivity index (χ2v) is 4.84. The van der Waals surface area contributed by atoms with E-state index in [4.69, 9.17) is 21.1 Å². The zero-order chi connectivity index (χ0) is 17.4. The molecule has 1 aromatic rings. The van der Waals surface area contributed by atoms with Crippen molar-refractivity contribution in [1.29, 1.82) is 0 Å². The van der Waals surface area contributed by atoms with Crippen LogP contribution < -0.4 is 16.4 Å². The van der Waals surface area contributed by atoms with E-state index in [0.717, 1.165) is 5.56 Å². The number of phenols is 1. The van der Waals surface area contributed by atoms with Gasteiger partial charge in [0.25, 0.3) is 0 Å². The molecule has 9 heteroatoms. The number of hydrogen-bond donors (Lipinski definition) is 6. The minimum Gasteiger partial charge on any atom is -0.508 e. The normalized spacial score (nSPS) is 13.0. The number of aliphatic carboxylic acids is 1. The molecule has 1 rings (SSSR count). The molecule has 1 aromatic carbocycles. The third kappa shape index (κ3) is 6.32. The van der Waals surface area contributed by atoms with Crippen LogP contribution in [-0.4, -0.2) is 58.3 Å². The van der Waals surface area contributed by atoms with E-state index in [-0.39, 0.29) is 12.2 Å². The molecule has 0 saturated carbocycles. The number of benzene rings is 1. The summed E-state index contributed by atoms with van der Waals surface area (Å²) in [6.45, 7) is -1.21. The monoisotopic (exact) mass is 325 g/mol. The highest BCUT2D eigenvalue weighted by atomic mass is 16.4. The van der Waals surface area contributed by atoms with Gasteiger partial charge in [0, 0.05) is 0 Å². The minimum absolute atomic E-state index is 0.0975. The molecule has 0 bridgehead atoms. The minimum atomic E-state index is -1.43. The summed E-state index contributed by atoms with van der Waals surface area (Å²) < 4.78 is 0. The van der Waals surface area contributed by atoms with Gasteiger partial charge in [-0.15, -0.1) is 0 Å². The van der Waals surface area contributed by atoms with Crippen LogP contribution in [0.3, 0.4) is 0 Å². The first-order chi connectivity index (χ1) is 10.8. The standard InChI is InChI=1S/C14H19N3O6/c15-10(5-8-1-3-9(19)4-2-8)13(21)16-6-12(20)17-11(7-18)14(22)23/h1-4,10-11,18-19H,5-7,15H2,(H,16,21)(H,17,20)(H,22,23). The molecule has 2 unspecified atom stereocenters. The van der Waals surface area contributed by atoms with E-state index in [9.17, 15) is 14.4 Å². The molecule has 0 aliphatic carbocycles. The molecular formula is C14H19N3O6. The zero-order valence-corrected chi connectivity index (χ0v) is 12.2. The fraction of sp³-hybridized carbons (Fsp3) is 0.357. The van der Waals surface area contributed by atoms with Gasteiger partial charge in [0.05, 0.1) is 19.2 Å². The van der Waals surface area contributed by atoms with Gasteiger partial charge < -0.3 is 31.7 Å². The predicted molar refractivity (Wildman–Crippen MR) is 79.4 cm³/mol. The maximum atomic E-state index is 11.8. The van der Waals surface area contributed by atoms with Crippen LogP contribution in [0.25, 0.3) is 0 Å². The zero-order valence-electron chi connectivity index (χ0n) is 12.2. The smallest absolute Gasteiger partial charge is 0.328 e. The average molecular weight is 325 g/mol. The molecule has 0 aromatic heterocycles. The van der Waals surface area contributed by atoms with Gasteiger partial charge >= 0.3 is 5.97 Å². The van der Waals surface area contributed by atoms with Crippen LogP contribution in [-0.2, 0) is 20.8 Å². The van der Waals surface area contributed by atoms with Crippen LogP contribution in [0.4, 0.5) is 0 Å². The highest BCUT2D eigenvalue weighted by Crippen LogP contribution is 2.10. The molecule has 2 amide bonds. The molecule has 7 N–H and O–H groups in total. The van der Waals surface area contributed by atoms with Crippen LogP contribution in [0.2, 0.25) is 0 Å². The second kappa shape index (κ2) is 8.71. The molecule has 2 atom stereocenters. The van der Waals surface area contributed by atoms with Crippen molar-refractivity contribution in [2.75, 3.05) is 13.2 Å². The van der Waals surface area contributed by atoms with Gasteiger partial charge in [0.1, 0.15) is 11.8 Å². The van der Waals surface area contributed by atoms with Crippen molar-refractivity contribution < 1.29 is 29.7 Å². The Labute approximate surface area is 132 Å². The van der Waals surface area contributed by atoms with Gasteiger partial charge in [-0.05, 0) is 24.1 Å². The number of phenolic OH excluding ortho intramolecular Hbond substituents is 1. The Hall–Kier alpha value is -2.65. The van der Waals surface area contributed by atoms with E-state index in [1.165, 1.54) is 12.1 Å². The van der Waals surface area contributed by atoms with E-state index >= 15 is 0 Å². The first kappa shape index (κ1) is 18.4. The average Bonchev–Trinajstić information content (AvgIpc) is 2.52. The number of carbonyl (C=O) groups is 3. The molecule has 0 radical (unpaired) electrons. The van der Waals surface area contributed by atoms with Crippen molar-refractivity contribution >= 4 is 17.8 Å². The lowest BCUT2D eigenvalue weighted by Gasteiger charge is -2.14. The van der Waals surface area contributed by atoms with Gasteiger partial charge in [-0.25, -0.2) is 4.79 Å². The summed E-state index contributed by atoms with van der Waals surface area (Å²) in [5.41, 5.74) is 6.45. The summed E-state index contributed by atoms with van der Waals surface area (Å²) in [6, 6.07) is 3.84. The Morgan fingerprint density at radius 3 is 2.30 bits per heavy atom. The van der Waals surface area contributed by atoms with Crippen molar-refractivity contribution in [3.8, 4) is 5.75 Å². The van der Waals surface area contributed by atoms with Crippen molar-refractivity contribution in [3.63, 3.8) is 0 Å². The number of aliphatic hydroxyl groups excluding tert-OH is 1. The third-order valence-corrected chi connectivity index (χ3v) is 2.97. The van der Waals surface area contributed by atoms with Crippen LogP contribution in [0.5, 0.6) is 5.75 Å². The Morgan fingerprint density at radius 2 is 1.78 bits per heavy atom. The summed E-state index contributed by atoms with van der Waals surface area (Å²) in [6.07, 6.45) is 0.210. The summed E-state index contributed by atoms with van der Waals surface area (Å²) >= 11 is 0. The fourth-order valence-electron chi connectivity index (χ4n) is 1.71. The number of carbonyl (C=O) groups excluding carboxylic acids is 2. The number of rotatable bonds is 8. The SMILES string of the molecule is NC(Cc1ccc(O)cc1)C(=O)NCC(=O)NC(CO)C(=O)O. The van der Waals surface area contributed by atoms with E-state index in [1.54, 1.807) is 12.1 Å². The van der Waals surface area contributed by atoms with Gasteiger partial charge in [-0.3, -0.25) is 9.59 Å². The molecule has 0 fully saturated rings. The molecule has 9 nitrogen and oxygen atoms in total. The maximum Gasteiger partial charge on any atom is 0.328 e. The number of carboxylic acid groups (broad SMARTS) is 1. The highest BCUT2D eigenvalue weighted by Gasteiger charge is 2.20. The molecule has 0 saturated heterocycles. The lowest BCUT2D eigenvalue weighted by Crippen LogP contribution is -2.50. The Bertz CT molecular complexity index is 560. The van der Waals surface area contributed by atoms with Gasteiger partial charge in [0.2, 0.25) is 11.8 Å². The lowest BCUT2D eigenvalue weighted by molar-refractivity contribution is -0.142. The molecular weight excluding hydrogens is 306 g/mol. The van der Waals surface area contributed by atoms with Crippen LogP contribution >= 0.6 is 0 Å². The number of nitrogens with one attached hydrogen (secondary N) is 2. The predicted octanol–water partition coefficient (Wildman–Crippen LogP) is -2.06. The van der Waals surface area contributed by atoms with Crippen molar-refractivity contribution in [2.45, 2.75) is 18.5 Å². The molecule has 0 heterocycles. The highest BCUT2D eigenvalue weighted by molar-refractivity contribution is 5.89. The van der Waals surface area contributed by atoms with Gasteiger partial charge in [0.15, 0.2) is 0 Å². The van der Waals surface area contributed by atoms with E-state index < -0.39 is 43.0 Å². The molecule has 0 spiro atoms. The van der Waals surface area contributed by atoms with Crippen molar-refractivity contribution in [1.82, 2.24) is 10.6 Å². The van der Waals surface area contributed by atoms with Crippen LogP contribution in [0.1, 0.15) is 5.56 Å². The van der Waals surface area contributed by atoms with Crippen molar-refractivity contribution in [2.24, 2.45) is 5.73 Å². The Morgan fingerprint density at radius 1 is 1.17 bits per heavy atom. The van der Waals surface area contributed by atoms with E-state index in [0.29, 0.717) is 0 Å². The summed E-state index contributed by atoms with van der Waals surface area (Å²) in [4.78, 5) is 33.9. The third-order valence-electron chi connectivity index (χ3n) is 2.97. The number of nitrogens with two attached hydrogens (primary N) is 1. The van der Waals surface area contributed by atoms with E-state index in [2.05, 4.69) is 5.32 Å². The van der Waals surface area contributed by atoms with Crippen LogP contribution in [0.15, 0.2) is 24.3 Å². The van der Waals surface area contributed by atoms with Crippen molar-refractivity contribution in [3.05, 3.63) is 29.8 Å². The van der Waals surface area contributed by atoms with Gasteiger partial charge in [-0.1, -0.05) is 12.1 Å². The topological polar surface area (TPSA) is 162 Å².